The normalized spacial score (nSPS) is 12.1. The lowest BCUT2D eigenvalue weighted by Crippen LogP contribution is -2.26. The summed E-state index contributed by atoms with van der Waals surface area (Å²) < 4.78 is 0. The molecule has 0 aromatic rings. The lowest BCUT2D eigenvalue weighted by Gasteiger charge is -2.23. The summed E-state index contributed by atoms with van der Waals surface area (Å²) in [7, 11) is -1.12. The Hall–Kier alpha value is 0.174. The molecule has 0 aliphatic carbocycles. The Bertz CT molecular complexity index is 174. The van der Waals surface area contributed by atoms with Gasteiger partial charge in [-0.1, -0.05) is 69.7 Å². The highest BCUT2D eigenvalue weighted by atomic mass is 28.3. The predicted octanol–water partition coefficient (Wildman–Crippen LogP) is 5.32. The van der Waals surface area contributed by atoms with Crippen molar-refractivity contribution in [3.63, 3.8) is 0 Å². The molecule has 0 atom stereocenters. The van der Waals surface area contributed by atoms with Crippen molar-refractivity contribution in [2.45, 2.75) is 76.4 Å². The van der Waals surface area contributed by atoms with Gasteiger partial charge < -0.3 is 0 Å². The molecule has 0 rings (SSSR count). The van der Waals surface area contributed by atoms with Crippen LogP contribution in [0.3, 0.4) is 0 Å². The highest BCUT2D eigenvalue weighted by Crippen LogP contribution is 2.22. The van der Waals surface area contributed by atoms with Crippen LogP contribution in [0.15, 0.2) is 12.7 Å². The number of allylic oxidation sites excluding steroid dienone is 1. The van der Waals surface area contributed by atoms with E-state index < -0.39 is 8.07 Å². The van der Waals surface area contributed by atoms with E-state index in [1.54, 1.807) is 18.1 Å². The van der Waals surface area contributed by atoms with Gasteiger partial charge in [0.15, 0.2) is 0 Å². The smallest absolute Gasteiger partial charge is 0.0470 e. The molecular formula is C14H32Si2. The monoisotopic (exact) mass is 256 g/mol. The highest BCUT2D eigenvalue weighted by Gasteiger charge is 2.19. The van der Waals surface area contributed by atoms with Crippen LogP contribution in [-0.4, -0.2) is 16.9 Å². The maximum atomic E-state index is 3.77. The van der Waals surface area contributed by atoms with Crippen molar-refractivity contribution in [1.29, 1.82) is 0 Å². The minimum Gasteiger partial charge on any atom is -0.103 e. The summed E-state index contributed by atoms with van der Waals surface area (Å²) in [6, 6.07) is 4.72. The van der Waals surface area contributed by atoms with Gasteiger partial charge in [-0.25, -0.2) is 0 Å². The second-order valence-corrected chi connectivity index (χ2v) is 15.0. The van der Waals surface area contributed by atoms with Crippen LogP contribution in [0.5, 0.6) is 0 Å². The molecule has 0 bridgehead atoms. The molecule has 0 spiro atoms. The molecule has 16 heavy (non-hydrogen) atoms. The Balaban J connectivity index is 3.46. The van der Waals surface area contributed by atoms with Crippen molar-refractivity contribution in [3.8, 4) is 0 Å². The molecule has 0 aliphatic heterocycles. The predicted molar refractivity (Wildman–Crippen MR) is 84.1 cm³/mol. The summed E-state index contributed by atoms with van der Waals surface area (Å²) in [5, 5.41) is 0. The van der Waals surface area contributed by atoms with Gasteiger partial charge in [0.2, 0.25) is 0 Å². The fourth-order valence-electron chi connectivity index (χ4n) is 2.05. The van der Waals surface area contributed by atoms with Crippen molar-refractivity contribution in [2.24, 2.45) is 0 Å². The largest absolute Gasteiger partial charge is 0.103 e. The quantitative estimate of drug-likeness (QED) is 0.282. The van der Waals surface area contributed by atoms with Gasteiger partial charge >= 0.3 is 0 Å². The summed E-state index contributed by atoms with van der Waals surface area (Å²) in [5.41, 5.74) is 0. The second kappa shape index (κ2) is 9.23. The van der Waals surface area contributed by atoms with E-state index in [2.05, 4.69) is 32.8 Å². The standard InChI is InChI=1S/C14H32Si2/c1-6-7-8-9-10-11-13-16(4,5)14-12-15(2)3/h6,15H,1,7-14H2,2-5H3. The fraction of sp³-hybridized carbons (Fsp3) is 0.857. The van der Waals surface area contributed by atoms with Crippen LogP contribution >= 0.6 is 0 Å². The van der Waals surface area contributed by atoms with E-state index in [-0.39, 0.29) is 8.80 Å². The molecule has 2 heteroatoms. The zero-order valence-electron chi connectivity index (χ0n) is 12.0. The first-order valence-electron chi connectivity index (χ1n) is 7.09. The molecule has 0 radical (unpaired) electrons. The van der Waals surface area contributed by atoms with Gasteiger partial charge in [-0.15, -0.1) is 6.58 Å². The second-order valence-electron chi connectivity index (χ2n) is 6.34. The first kappa shape index (κ1) is 16.2. The zero-order valence-corrected chi connectivity index (χ0v) is 14.2. The average Bonchev–Trinajstić information content (AvgIpc) is 2.21. The van der Waals surface area contributed by atoms with E-state index in [1.165, 1.54) is 32.1 Å². The average molecular weight is 257 g/mol. The van der Waals surface area contributed by atoms with Gasteiger partial charge in [-0.2, -0.15) is 0 Å². The maximum absolute atomic E-state index is 3.77. The Kier molecular flexibility index (Phi) is 9.33. The van der Waals surface area contributed by atoms with Gasteiger partial charge in [-0.05, 0) is 12.8 Å². The summed E-state index contributed by atoms with van der Waals surface area (Å²) in [5.74, 6) is 0. The molecule has 0 heterocycles. The third-order valence-corrected chi connectivity index (χ3v) is 8.78. The maximum Gasteiger partial charge on any atom is 0.0470 e. The Morgan fingerprint density at radius 3 is 2.19 bits per heavy atom. The fourth-order valence-corrected chi connectivity index (χ4v) is 8.94. The number of hydrogen-bond donors (Lipinski definition) is 0. The van der Waals surface area contributed by atoms with Crippen molar-refractivity contribution in [2.75, 3.05) is 0 Å². The third kappa shape index (κ3) is 10.7. The molecule has 0 unspecified atom stereocenters. The number of rotatable bonds is 10. The molecule has 0 aromatic carbocycles. The van der Waals surface area contributed by atoms with Gasteiger partial charge in [0, 0.05) is 16.9 Å². The SMILES string of the molecule is C=CCCCCCC[Si](C)(C)CC[SiH](C)C. The van der Waals surface area contributed by atoms with E-state index in [9.17, 15) is 0 Å². The Morgan fingerprint density at radius 1 is 1.00 bits per heavy atom. The molecular weight excluding hydrogens is 224 g/mol. The van der Waals surface area contributed by atoms with Crippen LogP contribution in [0.1, 0.15) is 32.1 Å². The van der Waals surface area contributed by atoms with Gasteiger partial charge in [-0.3, -0.25) is 0 Å². The van der Waals surface area contributed by atoms with E-state index in [4.69, 9.17) is 0 Å². The van der Waals surface area contributed by atoms with Crippen LogP contribution in [-0.2, 0) is 0 Å². The highest BCUT2D eigenvalue weighted by molar-refractivity contribution is 6.78. The minimum absolute atomic E-state index is 0.303. The van der Waals surface area contributed by atoms with Gasteiger partial charge in [0.1, 0.15) is 0 Å². The first-order chi connectivity index (χ1) is 7.48. The van der Waals surface area contributed by atoms with Crippen molar-refractivity contribution in [1.82, 2.24) is 0 Å². The molecule has 0 saturated heterocycles. The molecule has 0 aliphatic rings. The zero-order chi connectivity index (χ0) is 12.4. The minimum atomic E-state index is -0.820. The van der Waals surface area contributed by atoms with Crippen LogP contribution in [0.4, 0.5) is 0 Å². The van der Waals surface area contributed by atoms with Crippen LogP contribution in [0.25, 0.3) is 0 Å². The van der Waals surface area contributed by atoms with Crippen LogP contribution < -0.4 is 0 Å². The summed E-state index contributed by atoms with van der Waals surface area (Å²) in [6.07, 6.45) is 8.95. The molecule has 0 nitrogen and oxygen atoms in total. The van der Waals surface area contributed by atoms with E-state index in [0.29, 0.717) is 0 Å². The van der Waals surface area contributed by atoms with Gasteiger partial charge in [0.25, 0.3) is 0 Å². The van der Waals surface area contributed by atoms with Crippen molar-refractivity contribution < 1.29 is 0 Å². The molecule has 0 amide bonds. The first-order valence-corrected chi connectivity index (χ1v) is 13.6. The van der Waals surface area contributed by atoms with E-state index in [0.717, 1.165) is 0 Å². The van der Waals surface area contributed by atoms with Gasteiger partial charge in [0.05, 0.1) is 0 Å². The van der Waals surface area contributed by atoms with Crippen LogP contribution in [0, 0.1) is 0 Å². The molecule has 96 valence electrons. The lowest BCUT2D eigenvalue weighted by molar-refractivity contribution is 0.670. The molecule has 0 aromatic heterocycles. The topological polar surface area (TPSA) is 0 Å². The summed E-state index contributed by atoms with van der Waals surface area (Å²) >= 11 is 0. The van der Waals surface area contributed by atoms with Crippen molar-refractivity contribution >= 4 is 16.9 Å². The Morgan fingerprint density at radius 2 is 1.62 bits per heavy atom. The van der Waals surface area contributed by atoms with E-state index >= 15 is 0 Å². The molecule has 0 saturated carbocycles. The molecule has 0 N–H and O–H groups in total. The van der Waals surface area contributed by atoms with Crippen LogP contribution in [0.2, 0.25) is 44.3 Å². The Labute approximate surface area is 106 Å². The van der Waals surface area contributed by atoms with Crippen molar-refractivity contribution in [3.05, 3.63) is 12.7 Å². The third-order valence-electron chi connectivity index (χ3n) is 3.41. The van der Waals surface area contributed by atoms with E-state index in [1.807, 2.05) is 6.08 Å². The lowest BCUT2D eigenvalue weighted by atomic mass is 10.1. The summed E-state index contributed by atoms with van der Waals surface area (Å²) in [6.45, 7) is 13.9. The number of unbranched alkanes of at least 4 members (excludes halogenated alkanes) is 4. The molecule has 0 fully saturated rings. The number of hydrogen-bond acceptors (Lipinski definition) is 0. The summed E-state index contributed by atoms with van der Waals surface area (Å²) in [4.78, 5) is 0.